The third kappa shape index (κ3) is 2.38. The Labute approximate surface area is 92.1 Å². The van der Waals surface area contributed by atoms with Gasteiger partial charge in [-0.25, -0.2) is 4.98 Å². The van der Waals surface area contributed by atoms with E-state index in [4.69, 9.17) is 5.73 Å². The van der Waals surface area contributed by atoms with Gasteiger partial charge in [0.15, 0.2) is 5.13 Å². The van der Waals surface area contributed by atoms with E-state index in [1.165, 1.54) is 24.2 Å². The first-order valence-electron chi connectivity index (χ1n) is 4.93. The molecule has 15 heavy (non-hydrogen) atoms. The van der Waals surface area contributed by atoms with Crippen LogP contribution in [-0.4, -0.2) is 24.5 Å². The summed E-state index contributed by atoms with van der Waals surface area (Å²) in [6, 6.07) is 0. The minimum atomic E-state index is -0.113. The Balaban J connectivity index is 1.99. The van der Waals surface area contributed by atoms with Crippen molar-refractivity contribution in [1.82, 2.24) is 10.3 Å². The summed E-state index contributed by atoms with van der Waals surface area (Å²) < 4.78 is 0. The Morgan fingerprint density at radius 1 is 1.67 bits per heavy atom. The van der Waals surface area contributed by atoms with Gasteiger partial charge in [0, 0.05) is 13.6 Å². The number of rotatable bonds is 4. The zero-order valence-corrected chi connectivity index (χ0v) is 9.36. The number of carbonyl (C=O) groups is 1. The average Bonchev–Trinajstić information content (AvgIpc) is 2.97. The maximum atomic E-state index is 11.7. The molecule has 1 saturated carbocycles. The van der Waals surface area contributed by atoms with Crippen molar-refractivity contribution >= 4 is 28.2 Å². The van der Waals surface area contributed by atoms with Gasteiger partial charge in [0.2, 0.25) is 0 Å². The molecule has 0 unspecified atom stereocenters. The Kier molecular flexibility index (Phi) is 2.77. The Hall–Kier alpha value is -1.30. The molecule has 82 valence electrons. The average molecular weight is 226 g/mol. The minimum absolute atomic E-state index is 0.113. The highest BCUT2D eigenvalue weighted by Gasteiger charge is 2.23. The van der Waals surface area contributed by atoms with Crippen molar-refractivity contribution in [1.29, 1.82) is 0 Å². The predicted molar refractivity (Wildman–Crippen MR) is 61.1 cm³/mol. The van der Waals surface area contributed by atoms with E-state index >= 15 is 0 Å². The molecule has 4 N–H and O–H groups in total. The molecule has 0 aromatic carbocycles. The molecule has 0 aliphatic heterocycles. The number of anilines is 2. The van der Waals surface area contributed by atoms with Crippen LogP contribution in [0.5, 0.6) is 0 Å². The van der Waals surface area contributed by atoms with Crippen LogP contribution < -0.4 is 16.4 Å². The second-order valence-electron chi connectivity index (χ2n) is 3.64. The highest BCUT2D eigenvalue weighted by atomic mass is 32.1. The monoisotopic (exact) mass is 226 g/mol. The first-order valence-corrected chi connectivity index (χ1v) is 5.74. The number of nitrogen functional groups attached to an aromatic ring is 1. The summed E-state index contributed by atoms with van der Waals surface area (Å²) >= 11 is 1.28. The van der Waals surface area contributed by atoms with Crippen molar-refractivity contribution in [2.75, 3.05) is 24.6 Å². The molecule has 0 saturated heterocycles. The lowest BCUT2D eigenvalue weighted by Gasteiger charge is -2.01. The van der Waals surface area contributed by atoms with Gasteiger partial charge < -0.3 is 16.4 Å². The lowest BCUT2D eigenvalue weighted by atomic mass is 10.4. The van der Waals surface area contributed by atoms with Crippen LogP contribution in [0.2, 0.25) is 0 Å². The van der Waals surface area contributed by atoms with Crippen LogP contribution in [0.15, 0.2) is 0 Å². The SMILES string of the molecule is CNc1nc(N)c(C(=O)NCC2CC2)s1. The van der Waals surface area contributed by atoms with Crippen LogP contribution in [0, 0.1) is 5.92 Å². The lowest BCUT2D eigenvalue weighted by Crippen LogP contribution is -2.25. The molecule has 0 bridgehead atoms. The topological polar surface area (TPSA) is 80.0 Å². The lowest BCUT2D eigenvalue weighted by molar-refractivity contribution is 0.0956. The third-order valence-corrected chi connectivity index (χ3v) is 3.41. The molecule has 1 aromatic rings. The largest absolute Gasteiger partial charge is 0.382 e. The van der Waals surface area contributed by atoms with Gasteiger partial charge in [-0.05, 0) is 18.8 Å². The first-order chi connectivity index (χ1) is 7.20. The number of nitrogens with two attached hydrogens (primary N) is 1. The highest BCUT2D eigenvalue weighted by Crippen LogP contribution is 2.28. The molecule has 1 heterocycles. The number of nitrogens with zero attached hydrogens (tertiary/aromatic N) is 1. The number of hydrogen-bond acceptors (Lipinski definition) is 5. The van der Waals surface area contributed by atoms with Gasteiger partial charge in [0.25, 0.3) is 5.91 Å². The molecule has 1 aliphatic rings. The van der Waals surface area contributed by atoms with Gasteiger partial charge in [-0.2, -0.15) is 0 Å². The molecule has 5 nitrogen and oxygen atoms in total. The molecule has 0 spiro atoms. The van der Waals surface area contributed by atoms with Crippen molar-refractivity contribution in [3.05, 3.63) is 4.88 Å². The molecule has 1 fully saturated rings. The second kappa shape index (κ2) is 4.06. The number of thiazole rings is 1. The quantitative estimate of drug-likeness (QED) is 0.713. The fourth-order valence-corrected chi connectivity index (χ4v) is 2.00. The third-order valence-electron chi connectivity index (χ3n) is 2.32. The Morgan fingerprint density at radius 2 is 2.40 bits per heavy atom. The normalized spacial score (nSPS) is 15.0. The molecular formula is C9H14N4OS. The number of carbonyl (C=O) groups excluding carboxylic acids is 1. The van der Waals surface area contributed by atoms with Crippen LogP contribution >= 0.6 is 11.3 Å². The van der Waals surface area contributed by atoms with E-state index in [2.05, 4.69) is 15.6 Å². The fraction of sp³-hybridized carbons (Fsp3) is 0.556. The number of nitrogens with one attached hydrogen (secondary N) is 2. The fourth-order valence-electron chi connectivity index (χ4n) is 1.24. The van der Waals surface area contributed by atoms with Crippen LogP contribution in [0.25, 0.3) is 0 Å². The molecule has 1 aliphatic carbocycles. The van der Waals surface area contributed by atoms with Gasteiger partial charge in [-0.1, -0.05) is 11.3 Å². The van der Waals surface area contributed by atoms with E-state index in [1.54, 1.807) is 7.05 Å². The predicted octanol–water partition coefficient (Wildman–Crippen LogP) is 0.907. The van der Waals surface area contributed by atoms with E-state index in [0.29, 0.717) is 21.7 Å². The van der Waals surface area contributed by atoms with E-state index < -0.39 is 0 Å². The summed E-state index contributed by atoms with van der Waals surface area (Å²) in [5.74, 6) is 0.864. The summed E-state index contributed by atoms with van der Waals surface area (Å²) in [4.78, 5) is 16.2. The van der Waals surface area contributed by atoms with E-state index in [0.717, 1.165) is 6.54 Å². The first kappa shape index (κ1) is 10.2. The summed E-state index contributed by atoms with van der Waals surface area (Å²) in [5, 5.41) is 6.40. The molecule has 6 heteroatoms. The van der Waals surface area contributed by atoms with Crippen molar-refractivity contribution in [3.63, 3.8) is 0 Å². The van der Waals surface area contributed by atoms with Crippen LogP contribution in [0.4, 0.5) is 10.9 Å². The summed E-state index contributed by atoms with van der Waals surface area (Å²) in [6.45, 7) is 0.755. The standard InChI is InChI=1S/C9H14N4OS/c1-11-9-13-7(10)6(15-9)8(14)12-4-5-2-3-5/h5H,2-4,10H2,1H3,(H,11,13)(H,12,14). The van der Waals surface area contributed by atoms with Crippen LogP contribution in [0.1, 0.15) is 22.5 Å². The van der Waals surface area contributed by atoms with Crippen molar-refractivity contribution in [2.24, 2.45) is 5.92 Å². The van der Waals surface area contributed by atoms with E-state index in [9.17, 15) is 4.79 Å². The van der Waals surface area contributed by atoms with Crippen molar-refractivity contribution < 1.29 is 4.79 Å². The molecule has 1 amide bonds. The Bertz CT molecular complexity index is 372. The van der Waals surface area contributed by atoms with Gasteiger partial charge >= 0.3 is 0 Å². The van der Waals surface area contributed by atoms with Crippen LogP contribution in [-0.2, 0) is 0 Å². The molecule has 0 atom stereocenters. The van der Waals surface area contributed by atoms with Gasteiger partial charge in [-0.3, -0.25) is 4.79 Å². The van der Waals surface area contributed by atoms with E-state index in [-0.39, 0.29) is 5.91 Å². The summed E-state index contributed by atoms with van der Waals surface area (Å²) in [6.07, 6.45) is 2.44. The number of amides is 1. The molecule has 2 rings (SSSR count). The van der Waals surface area contributed by atoms with Crippen molar-refractivity contribution in [2.45, 2.75) is 12.8 Å². The number of hydrogen-bond donors (Lipinski definition) is 3. The summed E-state index contributed by atoms with van der Waals surface area (Å²) in [5.41, 5.74) is 5.64. The maximum absolute atomic E-state index is 11.7. The summed E-state index contributed by atoms with van der Waals surface area (Å²) in [7, 11) is 1.75. The molecule has 0 radical (unpaired) electrons. The number of aromatic nitrogens is 1. The maximum Gasteiger partial charge on any atom is 0.265 e. The second-order valence-corrected chi connectivity index (χ2v) is 4.64. The smallest absolute Gasteiger partial charge is 0.265 e. The van der Waals surface area contributed by atoms with Gasteiger partial charge in [0.05, 0.1) is 0 Å². The Morgan fingerprint density at radius 3 is 2.93 bits per heavy atom. The van der Waals surface area contributed by atoms with E-state index in [1.807, 2.05) is 0 Å². The minimum Gasteiger partial charge on any atom is -0.382 e. The highest BCUT2D eigenvalue weighted by molar-refractivity contribution is 7.18. The zero-order chi connectivity index (χ0) is 10.8. The molecular weight excluding hydrogens is 212 g/mol. The van der Waals surface area contributed by atoms with Gasteiger partial charge in [-0.15, -0.1) is 0 Å². The zero-order valence-electron chi connectivity index (χ0n) is 8.54. The molecule has 1 aromatic heterocycles. The van der Waals surface area contributed by atoms with Crippen LogP contribution in [0.3, 0.4) is 0 Å². The van der Waals surface area contributed by atoms with Gasteiger partial charge in [0.1, 0.15) is 10.7 Å². The van der Waals surface area contributed by atoms with Crippen molar-refractivity contribution in [3.8, 4) is 0 Å².